The van der Waals surface area contributed by atoms with Crippen molar-refractivity contribution in [3.63, 3.8) is 0 Å². The molecule has 1 aromatic carbocycles. The van der Waals surface area contributed by atoms with E-state index in [0.717, 1.165) is 6.26 Å². The van der Waals surface area contributed by atoms with Gasteiger partial charge in [-0.15, -0.1) is 0 Å². The van der Waals surface area contributed by atoms with Crippen LogP contribution in [0.1, 0.15) is 11.1 Å². The molecule has 9 heteroatoms. The summed E-state index contributed by atoms with van der Waals surface area (Å²) >= 11 is 0. The average molecular weight is 383 g/mol. The number of aryl methyl sites for hydroxylation is 1. The number of anilines is 1. The van der Waals surface area contributed by atoms with Crippen molar-refractivity contribution in [3.05, 3.63) is 34.5 Å². The van der Waals surface area contributed by atoms with Crippen molar-refractivity contribution in [2.75, 3.05) is 38.7 Å². The standard InChI is InChI=1S/C17H21NO7S/c1-10-6-7-13(26(5,21)22)11(2)14(10)18-9-25-8-12(16(19)23-3)15(18)17(20)24-4/h6-7H,8-9H2,1-5H3. The van der Waals surface area contributed by atoms with Gasteiger partial charge in [0, 0.05) is 6.26 Å². The molecule has 142 valence electrons. The van der Waals surface area contributed by atoms with E-state index in [2.05, 4.69) is 0 Å². The molecule has 1 aromatic rings. The molecular formula is C17H21NO7S. The van der Waals surface area contributed by atoms with E-state index in [1.165, 1.54) is 25.2 Å². The fourth-order valence-corrected chi connectivity index (χ4v) is 3.92. The van der Waals surface area contributed by atoms with E-state index in [0.29, 0.717) is 16.8 Å². The van der Waals surface area contributed by atoms with Crippen molar-refractivity contribution < 1.29 is 32.2 Å². The molecule has 0 saturated carbocycles. The van der Waals surface area contributed by atoms with Crippen molar-refractivity contribution in [1.29, 1.82) is 0 Å². The van der Waals surface area contributed by atoms with Gasteiger partial charge in [-0.3, -0.25) is 0 Å². The molecule has 0 saturated heterocycles. The zero-order valence-corrected chi connectivity index (χ0v) is 16.1. The zero-order valence-electron chi connectivity index (χ0n) is 15.3. The number of esters is 2. The number of hydrogen-bond acceptors (Lipinski definition) is 8. The third-order valence-corrected chi connectivity index (χ3v) is 5.33. The van der Waals surface area contributed by atoms with Gasteiger partial charge >= 0.3 is 11.9 Å². The van der Waals surface area contributed by atoms with E-state index in [1.54, 1.807) is 19.9 Å². The van der Waals surface area contributed by atoms with Crippen LogP contribution in [0.25, 0.3) is 0 Å². The Morgan fingerprint density at radius 1 is 1.12 bits per heavy atom. The van der Waals surface area contributed by atoms with Gasteiger partial charge in [0.25, 0.3) is 0 Å². The summed E-state index contributed by atoms with van der Waals surface area (Å²) in [5.41, 5.74) is 1.61. The van der Waals surface area contributed by atoms with Crippen LogP contribution in [-0.2, 0) is 33.6 Å². The topological polar surface area (TPSA) is 99.2 Å². The number of carbonyl (C=O) groups excluding carboxylic acids is 2. The molecule has 0 atom stereocenters. The minimum absolute atomic E-state index is 0.00848. The highest BCUT2D eigenvalue weighted by molar-refractivity contribution is 7.90. The summed E-state index contributed by atoms with van der Waals surface area (Å²) in [5, 5.41) is 0. The molecule has 2 rings (SSSR count). The zero-order chi connectivity index (χ0) is 19.6. The summed E-state index contributed by atoms with van der Waals surface area (Å²) in [7, 11) is -1.08. The fraction of sp³-hybridized carbons (Fsp3) is 0.412. The Labute approximate surface area is 152 Å². The number of ether oxygens (including phenoxy) is 3. The van der Waals surface area contributed by atoms with Gasteiger partial charge in [0.2, 0.25) is 0 Å². The van der Waals surface area contributed by atoms with Crippen LogP contribution in [0.3, 0.4) is 0 Å². The number of sulfone groups is 1. The molecule has 0 radical (unpaired) electrons. The lowest BCUT2D eigenvalue weighted by Crippen LogP contribution is -2.39. The predicted octanol–water partition coefficient (Wildman–Crippen LogP) is 1.10. The van der Waals surface area contributed by atoms with Gasteiger partial charge in [-0.05, 0) is 31.0 Å². The summed E-state index contributed by atoms with van der Waals surface area (Å²) in [6.07, 6.45) is 1.11. The molecule has 0 unspecified atom stereocenters. The molecule has 0 bridgehead atoms. The van der Waals surface area contributed by atoms with E-state index >= 15 is 0 Å². The predicted molar refractivity (Wildman–Crippen MR) is 93.4 cm³/mol. The van der Waals surface area contributed by atoms with E-state index in [4.69, 9.17) is 14.2 Å². The largest absolute Gasteiger partial charge is 0.466 e. The van der Waals surface area contributed by atoms with Crippen LogP contribution >= 0.6 is 0 Å². The van der Waals surface area contributed by atoms with Crippen LogP contribution < -0.4 is 4.90 Å². The second-order valence-electron chi connectivity index (χ2n) is 5.84. The maximum absolute atomic E-state index is 12.4. The molecule has 0 aliphatic carbocycles. The highest BCUT2D eigenvalue weighted by atomic mass is 32.2. The lowest BCUT2D eigenvalue weighted by molar-refractivity contribution is -0.140. The van der Waals surface area contributed by atoms with Crippen molar-refractivity contribution in [2.24, 2.45) is 0 Å². The summed E-state index contributed by atoms with van der Waals surface area (Å²) < 4.78 is 39.1. The summed E-state index contributed by atoms with van der Waals surface area (Å²) in [6.45, 7) is 3.26. The Hall–Kier alpha value is -2.39. The number of benzene rings is 1. The van der Waals surface area contributed by atoms with Crippen molar-refractivity contribution in [1.82, 2.24) is 0 Å². The number of rotatable bonds is 4. The molecule has 1 aliphatic rings. The van der Waals surface area contributed by atoms with Gasteiger partial charge in [-0.2, -0.15) is 0 Å². The monoisotopic (exact) mass is 383 g/mol. The lowest BCUT2D eigenvalue weighted by atomic mass is 10.1. The number of methoxy groups -OCH3 is 2. The van der Waals surface area contributed by atoms with Gasteiger partial charge < -0.3 is 19.1 Å². The summed E-state index contributed by atoms with van der Waals surface area (Å²) in [6, 6.07) is 3.15. The van der Waals surface area contributed by atoms with E-state index < -0.39 is 21.8 Å². The van der Waals surface area contributed by atoms with Crippen molar-refractivity contribution in [2.45, 2.75) is 18.7 Å². The Morgan fingerprint density at radius 3 is 2.27 bits per heavy atom. The van der Waals surface area contributed by atoms with E-state index in [-0.39, 0.29) is 29.5 Å². The van der Waals surface area contributed by atoms with Crippen molar-refractivity contribution >= 4 is 27.5 Å². The molecule has 0 aromatic heterocycles. The first-order chi connectivity index (χ1) is 12.1. The SMILES string of the molecule is COC(=O)C1=C(C(=O)OC)N(c2c(C)ccc(S(C)(=O)=O)c2C)COC1. The smallest absolute Gasteiger partial charge is 0.355 e. The molecule has 0 spiro atoms. The Bertz CT molecular complexity index is 887. The van der Waals surface area contributed by atoms with Gasteiger partial charge in [-0.25, -0.2) is 18.0 Å². The fourth-order valence-electron chi connectivity index (χ4n) is 2.95. The first-order valence-corrected chi connectivity index (χ1v) is 9.58. The minimum Gasteiger partial charge on any atom is -0.466 e. The van der Waals surface area contributed by atoms with Crippen LogP contribution in [0.2, 0.25) is 0 Å². The highest BCUT2D eigenvalue weighted by Crippen LogP contribution is 2.35. The van der Waals surface area contributed by atoms with Gasteiger partial charge in [0.1, 0.15) is 12.4 Å². The summed E-state index contributed by atoms with van der Waals surface area (Å²) in [5.74, 6) is -1.46. The minimum atomic E-state index is -3.48. The van der Waals surface area contributed by atoms with Crippen LogP contribution in [0.5, 0.6) is 0 Å². The van der Waals surface area contributed by atoms with Gasteiger partial charge in [-0.1, -0.05) is 6.07 Å². The highest BCUT2D eigenvalue weighted by Gasteiger charge is 2.34. The van der Waals surface area contributed by atoms with E-state index in [1.807, 2.05) is 0 Å². The maximum Gasteiger partial charge on any atom is 0.355 e. The molecule has 0 fully saturated rings. The maximum atomic E-state index is 12.4. The first kappa shape index (κ1) is 19.9. The normalized spacial score (nSPS) is 15.0. The Morgan fingerprint density at radius 2 is 1.73 bits per heavy atom. The molecule has 0 amide bonds. The molecule has 1 aliphatic heterocycles. The van der Waals surface area contributed by atoms with Gasteiger partial charge in [0.05, 0.1) is 37.0 Å². The quantitative estimate of drug-likeness (QED) is 0.713. The lowest BCUT2D eigenvalue weighted by Gasteiger charge is -2.33. The van der Waals surface area contributed by atoms with Crippen LogP contribution in [0.15, 0.2) is 28.3 Å². The first-order valence-electron chi connectivity index (χ1n) is 7.68. The second kappa shape index (κ2) is 7.46. The molecule has 1 heterocycles. The van der Waals surface area contributed by atoms with Crippen molar-refractivity contribution in [3.8, 4) is 0 Å². The molecule has 0 N–H and O–H groups in total. The Balaban J connectivity index is 2.77. The Kier molecular flexibility index (Phi) is 5.72. The molecule has 8 nitrogen and oxygen atoms in total. The van der Waals surface area contributed by atoms with Gasteiger partial charge in [0.15, 0.2) is 9.84 Å². The third kappa shape index (κ3) is 3.58. The number of carbonyl (C=O) groups is 2. The number of nitrogens with zero attached hydrogens (tertiary/aromatic N) is 1. The van der Waals surface area contributed by atoms with Crippen LogP contribution in [-0.4, -0.2) is 54.2 Å². The number of hydrogen-bond donors (Lipinski definition) is 0. The van der Waals surface area contributed by atoms with Crippen LogP contribution in [0, 0.1) is 13.8 Å². The average Bonchev–Trinajstić information content (AvgIpc) is 2.59. The third-order valence-electron chi connectivity index (χ3n) is 4.09. The second-order valence-corrected chi connectivity index (χ2v) is 7.83. The molecular weight excluding hydrogens is 362 g/mol. The summed E-state index contributed by atoms with van der Waals surface area (Å²) in [4.78, 5) is 26.0. The molecule has 26 heavy (non-hydrogen) atoms. The van der Waals surface area contributed by atoms with E-state index in [9.17, 15) is 18.0 Å². The van der Waals surface area contributed by atoms with Crippen LogP contribution in [0.4, 0.5) is 5.69 Å².